The van der Waals surface area contributed by atoms with Crippen LogP contribution in [0.2, 0.25) is 0 Å². The van der Waals surface area contributed by atoms with Crippen molar-refractivity contribution in [3.05, 3.63) is 0 Å². The summed E-state index contributed by atoms with van der Waals surface area (Å²) in [6, 6.07) is 0. The molecule has 0 spiro atoms. The Labute approximate surface area is 59.1 Å². The zero-order valence-corrected chi connectivity index (χ0v) is 8.29. The van der Waals surface area contributed by atoms with Crippen molar-refractivity contribution in [3.63, 3.8) is 0 Å². The molecule has 0 atom stereocenters. The molecule has 0 heterocycles. The minimum atomic E-state index is -1.04. The molecule has 50 valence electrons. The van der Waals surface area contributed by atoms with E-state index in [1.54, 1.807) is 7.11 Å². The van der Waals surface area contributed by atoms with E-state index < -0.39 is 5.74 Å². The van der Waals surface area contributed by atoms with Crippen LogP contribution in [0.4, 0.5) is 0 Å². The molecule has 0 aliphatic carbocycles. The third-order valence-electron chi connectivity index (χ3n) is 1.30. The average molecular weight is 199 g/mol. The summed E-state index contributed by atoms with van der Waals surface area (Å²) in [6.07, 6.45) is 2.31. The molecule has 0 rings (SSSR count). The first-order chi connectivity index (χ1) is 3.68. The van der Waals surface area contributed by atoms with Crippen LogP contribution in [0.15, 0.2) is 0 Å². The van der Waals surface area contributed by atoms with Crippen molar-refractivity contribution in [1.82, 2.24) is 0 Å². The van der Waals surface area contributed by atoms with Gasteiger partial charge in [-0.1, -0.05) is 0 Å². The van der Waals surface area contributed by atoms with E-state index >= 15 is 0 Å². The van der Waals surface area contributed by atoms with E-state index in [9.17, 15) is 0 Å². The molecule has 0 saturated carbocycles. The number of hydrogen-bond acceptors (Lipinski definition) is 1. The van der Waals surface area contributed by atoms with Gasteiger partial charge in [0.15, 0.2) is 0 Å². The van der Waals surface area contributed by atoms with Crippen LogP contribution in [0, 0.1) is 0 Å². The van der Waals surface area contributed by atoms with Gasteiger partial charge in [0.05, 0.1) is 0 Å². The molecule has 0 N–H and O–H groups in total. The summed E-state index contributed by atoms with van der Waals surface area (Å²) in [6.45, 7) is 4.33. The van der Waals surface area contributed by atoms with Crippen molar-refractivity contribution in [3.8, 4) is 0 Å². The first-order valence-electron chi connectivity index (χ1n) is 2.82. The summed E-state index contributed by atoms with van der Waals surface area (Å²) < 4.78 is 5.29. The van der Waals surface area contributed by atoms with Gasteiger partial charge in [-0.05, 0) is 0 Å². The van der Waals surface area contributed by atoms with E-state index in [-0.39, 0.29) is 0 Å². The molecule has 0 unspecified atom stereocenters. The van der Waals surface area contributed by atoms with Crippen LogP contribution in [0.1, 0.15) is 13.8 Å². The SMILES string of the molecule is CCP(=[Se])(CC)OC. The molecular weight excluding hydrogens is 186 g/mol. The Balaban J connectivity index is 3.79. The summed E-state index contributed by atoms with van der Waals surface area (Å²) >= 11 is 3.13. The Morgan fingerprint density at radius 3 is 1.75 bits per heavy atom. The molecule has 0 amide bonds. The van der Waals surface area contributed by atoms with Crippen molar-refractivity contribution < 1.29 is 4.52 Å². The van der Waals surface area contributed by atoms with E-state index in [4.69, 9.17) is 4.52 Å². The van der Waals surface area contributed by atoms with Gasteiger partial charge in [0, 0.05) is 0 Å². The Morgan fingerprint density at radius 1 is 1.38 bits per heavy atom. The predicted molar refractivity (Wildman–Crippen MR) is 40.8 cm³/mol. The molecule has 0 aromatic rings. The van der Waals surface area contributed by atoms with Gasteiger partial charge < -0.3 is 0 Å². The van der Waals surface area contributed by atoms with Crippen LogP contribution in [0.5, 0.6) is 0 Å². The Bertz CT molecular complexity index is 83.6. The van der Waals surface area contributed by atoms with Gasteiger partial charge in [-0.25, -0.2) is 0 Å². The summed E-state index contributed by atoms with van der Waals surface area (Å²) in [5, 5.41) is 0. The fourth-order valence-electron chi connectivity index (χ4n) is 0.482. The number of rotatable bonds is 3. The summed E-state index contributed by atoms with van der Waals surface area (Å²) in [7, 11) is 1.79. The standard InChI is InChI=1S/C5H13OPSe/c1-4-7(8,5-2)6-3/h4-5H2,1-3H3. The molecule has 0 aliphatic rings. The summed E-state index contributed by atoms with van der Waals surface area (Å²) in [5.74, 6) is 0. The maximum absolute atomic E-state index is 5.29. The van der Waals surface area contributed by atoms with Crippen LogP contribution in [-0.4, -0.2) is 34.5 Å². The molecule has 0 fully saturated rings. The van der Waals surface area contributed by atoms with E-state index in [1.807, 2.05) is 0 Å². The zero-order chi connectivity index (χ0) is 6.62. The van der Waals surface area contributed by atoms with Gasteiger partial charge in [0.1, 0.15) is 0 Å². The van der Waals surface area contributed by atoms with Crippen molar-refractivity contribution in [2.75, 3.05) is 19.4 Å². The molecule has 8 heavy (non-hydrogen) atoms. The second kappa shape index (κ2) is 3.85. The van der Waals surface area contributed by atoms with Crippen molar-refractivity contribution in [2.24, 2.45) is 0 Å². The van der Waals surface area contributed by atoms with Crippen LogP contribution < -0.4 is 0 Å². The fraction of sp³-hybridized carbons (Fsp3) is 1.00. The third-order valence-corrected chi connectivity index (χ3v) is 8.08. The Hall–Kier alpha value is 0.909. The van der Waals surface area contributed by atoms with Gasteiger partial charge in [0.2, 0.25) is 0 Å². The van der Waals surface area contributed by atoms with Crippen molar-refractivity contribution >= 4 is 20.8 Å². The second-order valence-corrected chi connectivity index (χ2v) is 9.08. The Kier molecular flexibility index (Phi) is 4.28. The fourth-order valence-corrected chi connectivity index (χ4v) is 1.45. The molecule has 0 saturated heterocycles. The van der Waals surface area contributed by atoms with Gasteiger partial charge in [-0.2, -0.15) is 0 Å². The van der Waals surface area contributed by atoms with Crippen LogP contribution in [-0.2, 0) is 4.52 Å². The average Bonchev–Trinajstić information content (AvgIpc) is 1.87. The van der Waals surface area contributed by atoms with Crippen LogP contribution in [0.25, 0.3) is 0 Å². The molecule has 0 aliphatic heterocycles. The first kappa shape index (κ1) is 8.91. The minimum absolute atomic E-state index is 1.04. The maximum atomic E-state index is 5.29. The molecule has 0 radical (unpaired) electrons. The predicted octanol–water partition coefficient (Wildman–Crippen LogP) is 1.69. The van der Waals surface area contributed by atoms with Crippen LogP contribution >= 0.6 is 5.74 Å². The van der Waals surface area contributed by atoms with Crippen molar-refractivity contribution in [2.45, 2.75) is 13.8 Å². The second-order valence-electron chi connectivity index (χ2n) is 1.63. The Morgan fingerprint density at radius 2 is 1.75 bits per heavy atom. The number of hydrogen-bond donors (Lipinski definition) is 0. The van der Waals surface area contributed by atoms with Gasteiger partial charge in [-0.15, -0.1) is 0 Å². The first-order valence-corrected chi connectivity index (χ1v) is 7.11. The third kappa shape index (κ3) is 2.46. The molecule has 1 nitrogen and oxygen atoms in total. The molecule has 0 aromatic carbocycles. The van der Waals surface area contributed by atoms with Gasteiger partial charge >= 0.3 is 58.6 Å². The van der Waals surface area contributed by atoms with E-state index in [2.05, 4.69) is 28.9 Å². The van der Waals surface area contributed by atoms with E-state index in [0.29, 0.717) is 0 Å². The normalized spacial score (nSPS) is 11.9. The molecule has 3 heteroatoms. The monoisotopic (exact) mass is 200 g/mol. The molecule has 0 bridgehead atoms. The summed E-state index contributed by atoms with van der Waals surface area (Å²) in [5.41, 5.74) is -1.04. The van der Waals surface area contributed by atoms with Gasteiger partial charge in [-0.3, -0.25) is 0 Å². The van der Waals surface area contributed by atoms with Gasteiger partial charge in [0.25, 0.3) is 0 Å². The summed E-state index contributed by atoms with van der Waals surface area (Å²) in [4.78, 5) is 0. The zero-order valence-electron chi connectivity index (χ0n) is 5.68. The van der Waals surface area contributed by atoms with E-state index in [0.717, 1.165) is 12.3 Å². The topological polar surface area (TPSA) is 9.23 Å². The molecular formula is C5H13OPSe. The quantitative estimate of drug-likeness (QED) is 0.496. The van der Waals surface area contributed by atoms with E-state index in [1.165, 1.54) is 0 Å². The van der Waals surface area contributed by atoms with Crippen LogP contribution in [0.3, 0.4) is 0 Å². The molecule has 0 aromatic heterocycles. The van der Waals surface area contributed by atoms with Crippen molar-refractivity contribution in [1.29, 1.82) is 0 Å².